The molecule has 0 aliphatic carbocycles. The molecule has 0 bridgehead atoms. The van der Waals surface area contributed by atoms with E-state index in [9.17, 15) is 13.2 Å². The Morgan fingerprint density at radius 2 is 1.88 bits per heavy atom. The van der Waals surface area contributed by atoms with E-state index >= 15 is 0 Å². The minimum Gasteiger partial charge on any atom is -0.325 e. The summed E-state index contributed by atoms with van der Waals surface area (Å²) < 4.78 is 30.0. The third-order valence-corrected chi connectivity index (χ3v) is 7.03. The van der Waals surface area contributed by atoms with Crippen molar-refractivity contribution in [3.8, 4) is 11.3 Å². The van der Waals surface area contributed by atoms with Crippen molar-refractivity contribution in [1.29, 1.82) is 0 Å². The molecule has 3 N–H and O–H groups in total. The van der Waals surface area contributed by atoms with Crippen LogP contribution in [0, 0.1) is 0 Å². The van der Waals surface area contributed by atoms with Crippen LogP contribution in [0.3, 0.4) is 0 Å². The molecule has 0 spiro atoms. The second-order valence-corrected chi connectivity index (χ2v) is 10.9. The summed E-state index contributed by atoms with van der Waals surface area (Å²) in [5.74, 6) is 0.344. The third-order valence-electron chi connectivity index (χ3n) is 5.27. The van der Waals surface area contributed by atoms with E-state index in [4.69, 9.17) is 0 Å². The van der Waals surface area contributed by atoms with E-state index in [-0.39, 0.29) is 10.8 Å². The van der Waals surface area contributed by atoms with Crippen molar-refractivity contribution in [2.24, 2.45) is 0 Å². The molecule has 1 aliphatic rings. The van der Waals surface area contributed by atoms with E-state index in [0.717, 1.165) is 28.1 Å². The van der Waals surface area contributed by atoms with E-state index in [0.29, 0.717) is 17.9 Å². The zero-order valence-corrected chi connectivity index (χ0v) is 19.8. The largest absolute Gasteiger partial charge is 0.325 e. The molecule has 5 rings (SSSR count). The van der Waals surface area contributed by atoms with Crippen LogP contribution in [0.4, 0.5) is 17.3 Å². The van der Waals surface area contributed by atoms with Crippen LogP contribution in [0.1, 0.15) is 26.3 Å². The third kappa shape index (κ3) is 4.37. The normalized spacial score (nSPS) is 13.7. The molecule has 2 aromatic carbocycles. The first-order valence-corrected chi connectivity index (χ1v) is 12.2. The molecular weight excluding hydrogens is 452 g/mol. The molecule has 10 heteroatoms. The number of aromatic nitrogens is 3. The SMILES string of the molecule is CC(C)(C)NS(=O)(=O)c1cccc(-c2ccc3cnc(Nc4ccc5c(c4)NC(=O)C5)nn23)c1. The number of amides is 1. The highest BCUT2D eigenvalue weighted by molar-refractivity contribution is 7.89. The van der Waals surface area contributed by atoms with Crippen molar-refractivity contribution in [3.05, 3.63) is 66.4 Å². The molecule has 0 saturated heterocycles. The van der Waals surface area contributed by atoms with Crippen LogP contribution >= 0.6 is 0 Å². The predicted molar refractivity (Wildman–Crippen MR) is 131 cm³/mol. The summed E-state index contributed by atoms with van der Waals surface area (Å²) in [7, 11) is -3.68. The summed E-state index contributed by atoms with van der Waals surface area (Å²) in [6.07, 6.45) is 2.07. The fourth-order valence-electron chi connectivity index (χ4n) is 3.88. The topological polar surface area (TPSA) is 117 Å². The van der Waals surface area contributed by atoms with Crippen molar-refractivity contribution in [2.75, 3.05) is 10.6 Å². The van der Waals surface area contributed by atoms with Gasteiger partial charge in [-0.25, -0.2) is 22.6 Å². The molecule has 34 heavy (non-hydrogen) atoms. The number of sulfonamides is 1. The van der Waals surface area contributed by atoms with Gasteiger partial charge >= 0.3 is 0 Å². The zero-order chi connectivity index (χ0) is 24.1. The van der Waals surface area contributed by atoms with Gasteiger partial charge in [-0.15, -0.1) is 5.10 Å². The van der Waals surface area contributed by atoms with Gasteiger partial charge in [0.15, 0.2) is 0 Å². The average molecular weight is 477 g/mol. The van der Waals surface area contributed by atoms with Gasteiger partial charge in [0.25, 0.3) is 0 Å². The van der Waals surface area contributed by atoms with Crippen LogP contribution < -0.4 is 15.4 Å². The molecule has 0 saturated carbocycles. The average Bonchev–Trinajstić information content (AvgIpc) is 3.34. The smallest absolute Gasteiger partial charge is 0.245 e. The predicted octanol–water partition coefficient (Wildman–Crippen LogP) is 3.71. The molecule has 3 heterocycles. The summed E-state index contributed by atoms with van der Waals surface area (Å²) in [5.41, 5.74) is 4.09. The van der Waals surface area contributed by atoms with E-state index in [2.05, 4.69) is 25.4 Å². The lowest BCUT2D eigenvalue weighted by Gasteiger charge is -2.20. The van der Waals surface area contributed by atoms with E-state index in [1.807, 2.05) is 36.4 Å². The number of carbonyl (C=O) groups excluding carboxylic acids is 1. The van der Waals surface area contributed by atoms with Crippen molar-refractivity contribution in [3.63, 3.8) is 0 Å². The summed E-state index contributed by atoms with van der Waals surface area (Å²) in [5, 5.41) is 10.6. The van der Waals surface area contributed by atoms with Crippen molar-refractivity contribution < 1.29 is 13.2 Å². The van der Waals surface area contributed by atoms with Crippen molar-refractivity contribution in [2.45, 2.75) is 37.6 Å². The molecule has 2 aromatic heterocycles. The van der Waals surface area contributed by atoms with Crippen molar-refractivity contribution in [1.82, 2.24) is 19.3 Å². The molecule has 1 amide bonds. The van der Waals surface area contributed by atoms with Crippen molar-refractivity contribution >= 4 is 38.8 Å². The van der Waals surface area contributed by atoms with Crippen LogP contribution in [0.15, 0.2) is 65.7 Å². The molecule has 1 aliphatic heterocycles. The Bertz CT molecular complexity index is 1540. The summed E-state index contributed by atoms with van der Waals surface area (Å²) >= 11 is 0. The lowest BCUT2D eigenvalue weighted by atomic mass is 10.1. The highest BCUT2D eigenvalue weighted by Gasteiger charge is 2.23. The van der Waals surface area contributed by atoms with Gasteiger partial charge in [-0.2, -0.15) is 0 Å². The molecule has 0 radical (unpaired) electrons. The maximum absolute atomic E-state index is 12.8. The molecule has 0 fully saturated rings. The molecular formula is C24H24N6O3S. The van der Waals surface area contributed by atoms with Crippen LogP contribution in [0.25, 0.3) is 16.8 Å². The monoisotopic (exact) mass is 476 g/mol. The van der Waals surface area contributed by atoms with Gasteiger partial charge in [0.1, 0.15) is 0 Å². The lowest BCUT2D eigenvalue weighted by Crippen LogP contribution is -2.40. The lowest BCUT2D eigenvalue weighted by molar-refractivity contribution is -0.115. The fraction of sp³-hybridized carbons (Fsp3) is 0.208. The summed E-state index contributed by atoms with van der Waals surface area (Å²) in [4.78, 5) is 16.2. The maximum Gasteiger partial charge on any atom is 0.245 e. The Hall–Kier alpha value is -3.76. The number of hydrogen-bond donors (Lipinski definition) is 3. The van der Waals surface area contributed by atoms with Gasteiger partial charge in [0.05, 0.1) is 28.7 Å². The molecule has 0 unspecified atom stereocenters. The summed E-state index contributed by atoms with van der Waals surface area (Å²) in [6, 6.07) is 16.1. The maximum atomic E-state index is 12.8. The standard InChI is InChI=1S/C24H24N6O3S/c1-24(2,3)29-34(32,33)19-6-4-5-16(11-19)21-10-9-18-14-25-23(28-30(18)21)26-17-8-7-15-12-22(31)27-20(15)13-17/h4-11,13-14,29H,12H2,1-3H3,(H,26,28)(H,27,31). The Kier molecular flexibility index (Phi) is 5.14. The summed E-state index contributed by atoms with van der Waals surface area (Å²) in [6.45, 7) is 5.40. The number of nitrogens with one attached hydrogen (secondary N) is 3. The van der Waals surface area contributed by atoms with Gasteiger partial charge in [-0.3, -0.25) is 4.79 Å². The Labute approximate surface area is 197 Å². The van der Waals surface area contributed by atoms with Gasteiger partial charge in [-0.1, -0.05) is 18.2 Å². The Morgan fingerprint density at radius 3 is 2.68 bits per heavy atom. The minimum absolute atomic E-state index is 0.0243. The first-order chi connectivity index (χ1) is 16.1. The first kappa shape index (κ1) is 22.1. The second kappa shape index (κ2) is 7.93. The van der Waals surface area contributed by atoms with Crippen LogP contribution in [0.2, 0.25) is 0 Å². The second-order valence-electron chi connectivity index (χ2n) is 9.24. The molecule has 174 valence electrons. The number of rotatable bonds is 5. The van der Waals surface area contributed by atoms with Gasteiger partial charge in [0.2, 0.25) is 21.9 Å². The number of carbonyl (C=O) groups is 1. The van der Waals surface area contributed by atoms with Crippen LogP contribution in [-0.4, -0.2) is 34.5 Å². The highest BCUT2D eigenvalue weighted by Crippen LogP contribution is 2.28. The van der Waals surface area contributed by atoms with E-state index in [1.54, 1.807) is 49.7 Å². The molecule has 0 atom stereocenters. The fourth-order valence-corrected chi connectivity index (χ4v) is 5.35. The van der Waals surface area contributed by atoms with Crippen LogP contribution in [-0.2, 0) is 21.2 Å². The van der Waals surface area contributed by atoms with Gasteiger partial charge in [-0.05, 0) is 62.7 Å². The van der Waals surface area contributed by atoms with Gasteiger partial charge in [0, 0.05) is 22.5 Å². The minimum atomic E-state index is -3.68. The number of nitrogens with zero attached hydrogens (tertiary/aromatic N) is 3. The first-order valence-electron chi connectivity index (χ1n) is 10.8. The van der Waals surface area contributed by atoms with Gasteiger partial charge < -0.3 is 10.6 Å². The van der Waals surface area contributed by atoms with Crippen LogP contribution in [0.5, 0.6) is 0 Å². The Balaban J connectivity index is 1.48. The number of benzene rings is 2. The number of fused-ring (bicyclic) bond motifs is 2. The molecule has 9 nitrogen and oxygen atoms in total. The highest BCUT2D eigenvalue weighted by atomic mass is 32.2. The molecule has 4 aromatic rings. The quantitative estimate of drug-likeness (QED) is 0.404. The number of anilines is 3. The Morgan fingerprint density at radius 1 is 1.06 bits per heavy atom. The van der Waals surface area contributed by atoms with E-state index in [1.165, 1.54) is 0 Å². The van der Waals surface area contributed by atoms with E-state index < -0.39 is 15.6 Å². The number of hydrogen-bond acceptors (Lipinski definition) is 6. The zero-order valence-electron chi connectivity index (χ0n) is 19.0.